The van der Waals surface area contributed by atoms with Gasteiger partial charge in [0, 0.05) is 40.7 Å². The van der Waals surface area contributed by atoms with Crippen molar-refractivity contribution in [2.75, 3.05) is 26.2 Å². The van der Waals surface area contributed by atoms with Crippen molar-refractivity contribution < 1.29 is 4.74 Å². The number of fused-ring (bicyclic) bond motifs is 3. The molecular weight excluding hydrogens is 956 g/mol. The lowest BCUT2D eigenvalue weighted by atomic mass is 9.50. The highest BCUT2D eigenvalue weighted by Crippen LogP contribution is 2.36. The average molecular weight is 1010 g/mol. The first-order chi connectivity index (χ1) is 37.0. The molecule has 0 radical (unpaired) electrons. The van der Waals surface area contributed by atoms with Gasteiger partial charge in [-0.1, -0.05) is 182 Å². The Morgan fingerprint density at radius 1 is 0.640 bits per heavy atom. The van der Waals surface area contributed by atoms with Crippen molar-refractivity contribution >= 4 is 95.7 Å². The van der Waals surface area contributed by atoms with Crippen LogP contribution >= 0.6 is 22.7 Å². The van der Waals surface area contributed by atoms with E-state index in [9.17, 15) is 10.5 Å². The van der Waals surface area contributed by atoms with Crippen molar-refractivity contribution in [1.29, 1.82) is 10.5 Å². The van der Waals surface area contributed by atoms with Crippen LogP contribution in [0.1, 0.15) is 47.1 Å². The van der Waals surface area contributed by atoms with Crippen molar-refractivity contribution in [2.45, 2.75) is 33.6 Å². The maximum absolute atomic E-state index is 12.1. The summed E-state index contributed by atoms with van der Waals surface area (Å²) >= 11 is 3.05. The molecule has 0 aliphatic heterocycles. The normalized spacial score (nSPS) is 12.2. The first-order valence-corrected chi connectivity index (χ1v) is 27.3. The van der Waals surface area contributed by atoms with Crippen LogP contribution in [0.5, 0.6) is 5.75 Å². The Kier molecular flexibility index (Phi) is 14.4. The number of nitrogens with zero attached hydrogens (tertiary/aromatic N) is 7. The Hall–Kier alpha value is -8.25. The quantitative estimate of drug-likeness (QED) is 0.0666. The van der Waals surface area contributed by atoms with E-state index in [0.717, 1.165) is 118 Å². The molecule has 75 heavy (non-hydrogen) atoms. The van der Waals surface area contributed by atoms with Crippen LogP contribution in [0.4, 0.5) is 0 Å². The molecule has 0 saturated heterocycles. The van der Waals surface area contributed by atoms with E-state index in [1.54, 1.807) is 0 Å². The Bertz CT molecular complexity index is 3950. The molecule has 11 rings (SSSR count). The molecule has 0 fully saturated rings. The van der Waals surface area contributed by atoms with Crippen LogP contribution in [0.15, 0.2) is 188 Å². The Morgan fingerprint density at radius 3 is 1.79 bits per heavy atom. The van der Waals surface area contributed by atoms with Gasteiger partial charge >= 0.3 is 6.85 Å². The van der Waals surface area contributed by atoms with Crippen LogP contribution in [0.25, 0.3) is 53.6 Å². The summed E-state index contributed by atoms with van der Waals surface area (Å²) in [4.78, 5) is 12.9. The van der Waals surface area contributed by atoms with E-state index >= 15 is 0 Å². The van der Waals surface area contributed by atoms with E-state index in [-0.39, 0.29) is 0 Å². The lowest BCUT2D eigenvalue weighted by Crippen LogP contribution is -2.53. The molecule has 12 heteroatoms. The second kappa shape index (κ2) is 22.1. The van der Waals surface area contributed by atoms with E-state index in [4.69, 9.17) is 14.7 Å². The van der Waals surface area contributed by atoms with E-state index in [0.29, 0.717) is 41.6 Å². The highest BCUT2D eigenvalue weighted by Gasteiger charge is 2.35. The largest absolute Gasteiger partial charge is 0.494 e. The molecule has 364 valence electrons. The molecule has 0 aliphatic rings. The molecule has 8 nitrogen and oxygen atoms in total. The SMILES string of the molecule is CCN(CC)CCCOc1cccc(Cc2c3/c(=C(\C#N)c4nc5ccccc5s4)n(B(c4ccccc4)c4ccccc4)c(-c4ccccc4C)c3/c(=C(\C#N)c3nc4ccccc4s3)n2Bc2ccccc2)c1. The summed E-state index contributed by atoms with van der Waals surface area (Å²) in [5.41, 5.74) is 10.6. The lowest BCUT2D eigenvalue weighted by molar-refractivity contribution is 0.249. The summed E-state index contributed by atoms with van der Waals surface area (Å²) in [5.74, 6) is 0.800. The Balaban J connectivity index is 1.36. The zero-order valence-electron chi connectivity index (χ0n) is 42.3. The van der Waals surface area contributed by atoms with Crippen LogP contribution in [-0.4, -0.2) is 64.3 Å². The van der Waals surface area contributed by atoms with Gasteiger partial charge in [-0.2, -0.15) is 10.5 Å². The summed E-state index contributed by atoms with van der Waals surface area (Å²) in [6.45, 7) is 9.68. The second-order valence-corrected chi connectivity index (χ2v) is 20.8. The minimum Gasteiger partial charge on any atom is -0.494 e. The molecule has 0 saturated carbocycles. The summed E-state index contributed by atoms with van der Waals surface area (Å²) in [5, 5.41) is 28.5. The molecule has 4 heterocycles. The third-order valence-electron chi connectivity index (χ3n) is 14.2. The fraction of sp³-hybridized carbons (Fsp3) is 0.143. The molecule has 11 aromatic rings. The number of thiazole rings is 2. The fourth-order valence-corrected chi connectivity index (χ4v) is 12.5. The van der Waals surface area contributed by atoms with Gasteiger partial charge in [-0.25, -0.2) is 9.97 Å². The Morgan fingerprint density at radius 2 is 1.20 bits per heavy atom. The highest BCUT2D eigenvalue weighted by molar-refractivity contribution is 7.20. The summed E-state index contributed by atoms with van der Waals surface area (Å²) < 4.78 is 13.3. The number of aromatic nitrogens is 4. The average Bonchev–Trinajstić information content (AvgIpc) is 4.32. The number of aryl methyl sites for hydroxylation is 1. The fourth-order valence-electron chi connectivity index (χ4n) is 10.6. The van der Waals surface area contributed by atoms with Crippen LogP contribution in [-0.2, 0) is 6.42 Å². The molecular formula is C63H53B2N7OS2. The van der Waals surface area contributed by atoms with Crippen molar-refractivity contribution in [2.24, 2.45) is 0 Å². The van der Waals surface area contributed by atoms with E-state index in [2.05, 4.69) is 174 Å². The zero-order valence-corrected chi connectivity index (χ0v) is 43.9. The number of benzene rings is 7. The number of hydrogen-bond donors (Lipinski definition) is 0. The van der Waals surface area contributed by atoms with Crippen molar-refractivity contribution in [3.63, 3.8) is 0 Å². The predicted octanol–water partition coefficient (Wildman–Crippen LogP) is 9.96. The van der Waals surface area contributed by atoms with Gasteiger partial charge in [0.25, 0.3) is 7.41 Å². The molecule has 0 amide bonds. The minimum absolute atomic E-state index is 0.438. The van der Waals surface area contributed by atoms with Crippen LogP contribution in [0, 0.1) is 29.6 Å². The molecule has 0 aliphatic carbocycles. The molecule has 0 unspecified atom stereocenters. The summed E-state index contributed by atoms with van der Waals surface area (Å²) in [6, 6.07) is 70.3. The zero-order chi connectivity index (χ0) is 51.3. The molecule has 0 N–H and O–H groups in total. The lowest BCUT2D eigenvalue weighted by Gasteiger charge is -2.23. The van der Waals surface area contributed by atoms with Crippen LogP contribution in [0.2, 0.25) is 0 Å². The minimum atomic E-state index is -0.438. The first-order valence-electron chi connectivity index (χ1n) is 25.7. The van der Waals surface area contributed by atoms with Gasteiger partial charge in [0.1, 0.15) is 39.0 Å². The third kappa shape index (κ3) is 9.73. The van der Waals surface area contributed by atoms with Gasteiger partial charge in [-0.3, -0.25) is 0 Å². The van der Waals surface area contributed by atoms with Gasteiger partial charge in [-0.05, 0) is 74.0 Å². The number of para-hydroxylation sites is 2. The Labute approximate surface area is 446 Å². The van der Waals surface area contributed by atoms with Crippen LogP contribution in [0.3, 0.4) is 0 Å². The number of nitriles is 2. The maximum atomic E-state index is 12.1. The van der Waals surface area contributed by atoms with Gasteiger partial charge < -0.3 is 18.6 Å². The molecule has 7 aromatic carbocycles. The monoisotopic (exact) mass is 1010 g/mol. The molecule has 0 atom stereocenters. The van der Waals surface area contributed by atoms with Gasteiger partial charge in [0.05, 0.1) is 37.7 Å². The van der Waals surface area contributed by atoms with Crippen molar-refractivity contribution in [1.82, 2.24) is 23.8 Å². The van der Waals surface area contributed by atoms with Gasteiger partial charge in [0.15, 0.2) is 0 Å². The van der Waals surface area contributed by atoms with Gasteiger partial charge in [0.2, 0.25) is 0 Å². The summed E-state index contributed by atoms with van der Waals surface area (Å²) in [7, 11) is 0.439. The number of hydrogen-bond acceptors (Lipinski definition) is 8. The molecule has 0 spiro atoms. The van der Waals surface area contributed by atoms with E-state index < -0.39 is 6.85 Å². The second-order valence-electron chi connectivity index (χ2n) is 18.7. The molecule has 4 aromatic heterocycles. The topological polar surface area (TPSA) is 95.7 Å². The molecule has 0 bridgehead atoms. The smallest absolute Gasteiger partial charge is 0.328 e. The highest BCUT2D eigenvalue weighted by atomic mass is 32.1. The van der Waals surface area contributed by atoms with E-state index in [1.807, 2.05) is 60.7 Å². The van der Waals surface area contributed by atoms with Crippen LogP contribution < -0.4 is 31.8 Å². The third-order valence-corrected chi connectivity index (χ3v) is 16.3. The standard InChI is InChI=1S/C63H53B2N7OS2/c1-4-70(5-2)37-22-38-73-48-31-21-24-44(39-48)40-54-57-58(59(71(54)64-45-25-9-6-10-26-45)50(41-66)62-68-52-33-17-19-35-55(52)74-62)60(49-32-16-15-23-43(49)3)72(65(46-27-11-7-12-28-46)47-29-13-8-14-30-47)61(57)51(42-67)63-69-53-34-18-20-36-56(53)75-63/h6-21,23-36,39,64H,4-5,22,37-38,40H2,1-3H3/b59-50-,61-51-. The first kappa shape index (κ1) is 49.0. The van der Waals surface area contributed by atoms with Crippen molar-refractivity contribution in [3.05, 3.63) is 226 Å². The van der Waals surface area contributed by atoms with Gasteiger partial charge in [-0.15, -0.1) is 22.7 Å². The van der Waals surface area contributed by atoms with E-state index in [1.165, 1.54) is 22.7 Å². The summed E-state index contributed by atoms with van der Waals surface area (Å²) in [6.07, 6.45) is 1.36. The van der Waals surface area contributed by atoms with Crippen molar-refractivity contribution in [3.8, 4) is 29.1 Å². The number of rotatable bonds is 17. The maximum Gasteiger partial charge on any atom is 0.328 e. The number of ether oxygens (including phenoxy) is 1. The predicted molar refractivity (Wildman–Crippen MR) is 314 cm³/mol.